The quantitative estimate of drug-likeness (QED) is 0.259. The van der Waals surface area contributed by atoms with Gasteiger partial charge < -0.3 is 36.9 Å². The number of carbonyl (C=O) groups is 5. The van der Waals surface area contributed by atoms with Gasteiger partial charge in [0, 0.05) is 6.54 Å². The minimum absolute atomic E-state index is 0.254. The molecule has 26 heavy (non-hydrogen) atoms. The van der Waals surface area contributed by atoms with E-state index in [0.29, 0.717) is 19.1 Å². The molecule has 1 fully saturated rings. The number of amides is 4. The van der Waals surface area contributed by atoms with Crippen LogP contribution in [0.2, 0.25) is 0 Å². The summed E-state index contributed by atoms with van der Waals surface area (Å²) < 4.78 is 0. The molecule has 0 aromatic rings. The molecular formula is C15H25N5O6. The van der Waals surface area contributed by atoms with Crippen LogP contribution in [-0.2, 0) is 24.0 Å². The summed E-state index contributed by atoms with van der Waals surface area (Å²) in [6, 6.07) is -4.08. The molecule has 0 spiro atoms. The average Bonchev–Trinajstić information content (AvgIpc) is 3.08. The second-order valence-corrected chi connectivity index (χ2v) is 6.14. The predicted molar refractivity (Wildman–Crippen MR) is 89.2 cm³/mol. The van der Waals surface area contributed by atoms with Crippen LogP contribution in [0.25, 0.3) is 0 Å². The van der Waals surface area contributed by atoms with Crippen LogP contribution >= 0.6 is 0 Å². The first kappa shape index (κ1) is 21.5. The van der Waals surface area contributed by atoms with Gasteiger partial charge in [0.2, 0.25) is 23.6 Å². The molecule has 0 radical (unpaired) electrons. The van der Waals surface area contributed by atoms with Crippen molar-refractivity contribution in [3.05, 3.63) is 0 Å². The van der Waals surface area contributed by atoms with E-state index in [-0.39, 0.29) is 6.54 Å². The molecule has 4 atom stereocenters. The van der Waals surface area contributed by atoms with E-state index in [1.54, 1.807) is 0 Å². The normalized spacial score (nSPS) is 20.0. The van der Waals surface area contributed by atoms with Crippen molar-refractivity contribution >= 4 is 29.9 Å². The molecule has 0 bridgehead atoms. The number of aldehydes is 1. The average molecular weight is 371 g/mol. The number of aliphatic hydroxyl groups is 1. The Bertz CT molecular complexity index is 569. The van der Waals surface area contributed by atoms with Gasteiger partial charge in [0.25, 0.3) is 0 Å². The zero-order valence-corrected chi connectivity index (χ0v) is 14.5. The number of likely N-dealkylation sites (tertiary alicyclic amines) is 1. The number of primary amides is 1. The number of nitrogens with two attached hydrogens (primary N) is 2. The first-order valence-electron chi connectivity index (χ1n) is 8.22. The fourth-order valence-electron chi connectivity index (χ4n) is 2.62. The van der Waals surface area contributed by atoms with E-state index in [2.05, 4.69) is 10.6 Å². The van der Waals surface area contributed by atoms with Crippen LogP contribution in [0.15, 0.2) is 0 Å². The van der Waals surface area contributed by atoms with Gasteiger partial charge in [-0.1, -0.05) is 0 Å². The minimum Gasteiger partial charge on any atom is -0.394 e. The monoisotopic (exact) mass is 371 g/mol. The Kier molecular flexibility index (Phi) is 8.13. The molecule has 1 heterocycles. The Morgan fingerprint density at radius 2 is 1.96 bits per heavy atom. The molecule has 0 unspecified atom stereocenters. The smallest absolute Gasteiger partial charge is 0.246 e. The highest BCUT2D eigenvalue weighted by molar-refractivity contribution is 5.96. The maximum atomic E-state index is 12.7. The van der Waals surface area contributed by atoms with E-state index in [4.69, 9.17) is 16.6 Å². The van der Waals surface area contributed by atoms with E-state index >= 15 is 0 Å². The standard InChI is InChI=1S/C15H25N5O6/c1-8(6-21)18-14(25)11-3-2-4-20(11)15(26)10(5-12(17)23)19-13(24)9(16)7-22/h6,8-11,22H,2-5,7,16H2,1H3,(H2,17,23)(H,18,25)(H,19,24)/t8-,9-,10-,11-/m0/s1. The minimum atomic E-state index is -1.30. The van der Waals surface area contributed by atoms with Crippen molar-refractivity contribution in [1.29, 1.82) is 0 Å². The number of nitrogens with zero attached hydrogens (tertiary/aromatic N) is 1. The van der Waals surface area contributed by atoms with Gasteiger partial charge in [-0.15, -0.1) is 0 Å². The molecule has 11 nitrogen and oxygen atoms in total. The van der Waals surface area contributed by atoms with Crippen molar-refractivity contribution in [3.8, 4) is 0 Å². The van der Waals surface area contributed by atoms with Gasteiger partial charge in [-0.3, -0.25) is 19.2 Å². The molecular weight excluding hydrogens is 346 g/mol. The van der Waals surface area contributed by atoms with Gasteiger partial charge in [0.15, 0.2) is 0 Å². The van der Waals surface area contributed by atoms with E-state index in [0.717, 1.165) is 0 Å². The van der Waals surface area contributed by atoms with E-state index in [1.807, 2.05) is 0 Å². The van der Waals surface area contributed by atoms with Gasteiger partial charge in [0.05, 0.1) is 19.1 Å². The van der Waals surface area contributed by atoms with Gasteiger partial charge in [-0.05, 0) is 19.8 Å². The fourth-order valence-corrected chi connectivity index (χ4v) is 2.62. The van der Waals surface area contributed by atoms with Crippen molar-refractivity contribution in [1.82, 2.24) is 15.5 Å². The predicted octanol–water partition coefficient (Wildman–Crippen LogP) is -3.64. The molecule has 1 saturated heterocycles. The lowest BCUT2D eigenvalue weighted by atomic mass is 10.1. The summed E-state index contributed by atoms with van der Waals surface area (Å²) in [7, 11) is 0. The largest absolute Gasteiger partial charge is 0.394 e. The number of hydrogen-bond donors (Lipinski definition) is 5. The Morgan fingerprint density at radius 3 is 2.50 bits per heavy atom. The summed E-state index contributed by atoms with van der Waals surface area (Å²) in [5, 5.41) is 13.7. The highest BCUT2D eigenvalue weighted by atomic mass is 16.3. The van der Waals surface area contributed by atoms with Crippen molar-refractivity contribution in [2.75, 3.05) is 13.2 Å². The lowest BCUT2D eigenvalue weighted by Gasteiger charge is -2.29. The molecule has 1 aliphatic rings. The molecule has 0 saturated carbocycles. The molecule has 1 aliphatic heterocycles. The zero-order valence-electron chi connectivity index (χ0n) is 14.5. The Balaban J connectivity index is 2.90. The Labute approximate surface area is 150 Å². The highest BCUT2D eigenvalue weighted by Crippen LogP contribution is 2.19. The van der Waals surface area contributed by atoms with Crippen molar-refractivity contribution < 1.29 is 29.1 Å². The van der Waals surface area contributed by atoms with E-state index in [1.165, 1.54) is 11.8 Å². The molecule has 146 valence electrons. The Morgan fingerprint density at radius 1 is 1.31 bits per heavy atom. The first-order chi connectivity index (χ1) is 12.2. The van der Waals surface area contributed by atoms with Crippen LogP contribution in [0.5, 0.6) is 0 Å². The third-order valence-electron chi connectivity index (χ3n) is 3.97. The van der Waals surface area contributed by atoms with Crippen molar-refractivity contribution in [3.63, 3.8) is 0 Å². The SMILES string of the molecule is C[C@@H](C=O)NC(=O)[C@@H]1CCCN1C(=O)[C@H](CC(N)=O)NC(=O)[C@@H](N)CO. The van der Waals surface area contributed by atoms with Crippen molar-refractivity contribution in [2.45, 2.75) is 50.4 Å². The fraction of sp³-hybridized carbons (Fsp3) is 0.667. The summed E-state index contributed by atoms with van der Waals surface area (Å²) in [6.07, 6.45) is 1.02. The van der Waals surface area contributed by atoms with E-state index in [9.17, 15) is 24.0 Å². The van der Waals surface area contributed by atoms with Crippen LogP contribution in [-0.4, -0.2) is 77.2 Å². The highest BCUT2D eigenvalue weighted by Gasteiger charge is 2.38. The molecule has 1 rings (SSSR count). The molecule has 0 aromatic heterocycles. The first-order valence-corrected chi connectivity index (χ1v) is 8.22. The molecule has 0 aromatic carbocycles. The molecule has 7 N–H and O–H groups in total. The summed E-state index contributed by atoms with van der Waals surface area (Å²) in [5.74, 6) is -2.79. The number of carbonyl (C=O) groups excluding carboxylic acids is 5. The summed E-state index contributed by atoms with van der Waals surface area (Å²) in [4.78, 5) is 60.0. The van der Waals surface area contributed by atoms with Crippen LogP contribution in [0.3, 0.4) is 0 Å². The molecule has 0 aliphatic carbocycles. The lowest BCUT2D eigenvalue weighted by molar-refractivity contribution is -0.142. The summed E-state index contributed by atoms with van der Waals surface area (Å²) >= 11 is 0. The number of hydrogen-bond acceptors (Lipinski definition) is 7. The molecule has 4 amide bonds. The van der Waals surface area contributed by atoms with E-state index < -0.39 is 60.8 Å². The van der Waals surface area contributed by atoms with Crippen LogP contribution in [0, 0.1) is 0 Å². The van der Waals surface area contributed by atoms with Gasteiger partial charge in [-0.2, -0.15) is 0 Å². The van der Waals surface area contributed by atoms with Gasteiger partial charge in [0.1, 0.15) is 24.4 Å². The van der Waals surface area contributed by atoms with Crippen LogP contribution in [0.4, 0.5) is 0 Å². The third kappa shape index (κ3) is 5.77. The second kappa shape index (κ2) is 9.82. The Hall–Kier alpha value is -2.53. The maximum Gasteiger partial charge on any atom is 0.246 e. The summed E-state index contributed by atoms with van der Waals surface area (Å²) in [5.41, 5.74) is 10.5. The molecule has 11 heteroatoms. The van der Waals surface area contributed by atoms with Crippen LogP contribution < -0.4 is 22.1 Å². The van der Waals surface area contributed by atoms with Gasteiger partial charge in [-0.25, -0.2) is 0 Å². The number of rotatable bonds is 9. The third-order valence-corrected chi connectivity index (χ3v) is 3.97. The summed E-state index contributed by atoms with van der Waals surface area (Å²) in [6.45, 7) is 1.11. The van der Waals surface area contributed by atoms with Gasteiger partial charge >= 0.3 is 0 Å². The second-order valence-electron chi connectivity index (χ2n) is 6.14. The van der Waals surface area contributed by atoms with Crippen molar-refractivity contribution in [2.24, 2.45) is 11.5 Å². The van der Waals surface area contributed by atoms with Crippen LogP contribution in [0.1, 0.15) is 26.2 Å². The maximum absolute atomic E-state index is 12.7. The topological polar surface area (TPSA) is 185 Å². The number of nitrogens with one attached hydrogen (secondary N) is 2. The lowest BCUT2D eigenvalue weighted by Crippen LogP contribution is -2.57. The zero-order chi connectivity index (χ0) is 19.9. The number of aliphatic hydroxyl groups excluding tert-OH is 1.